The lowest BCUT2D eigenvalue weighted by molar-refractivity contribution is -0.125. The molecule has 3 aromatic rings. The van der Waals surface area contributed by atoms with Crippen LogP contribution in [-0.4, -0.2) is 44.4 Å². The van der Waals surface area contributed by atoms with Crippen LogP contribution in [0.15, 0.2) is 24.7 Å². The minimum atomic E-state index is -2.71. The zero-order valence-electron chi connectivity index (χ0n) is 14.9. The van der Waals surface area contributed by atoms with Crippen molar-refractivity contribution in [1.82, 2.24) is 25.3 Å². The summed E-state index contributed by atoms with van der Waals surface area (Å²) < 4.78 is 52.3. The number of hydrogen-bond donors (Lipinski definition) is 3. The van der Waals surface area contributed by atoms with Gasteiger partial charge in [-0.05, 0) is 19.9 Å². The van der Waals surface area contributed by atoms with Crippen molar-refractivity contribution in [2.24, 2.45) is 0 Å². The number of fused-ring (bicyclic) bond motifs is 1. The monoisotopic (exact) mass is 402 g/mol. The molecule has 0 saturated heterocycles. The highest BCUT2D eigenvalue weighted by Crippen LogP contribution is 2.27. The Balaban J connectivity index is 0.00000300. The maximum absolute atomic E-state index is 14.2. The Labute approximate surface area is 161 Å². The molecule has 0 aliphatic rings. The topological polar surface area (TPSA) is 95.6 Å². The van der Waals surface area contributed by atoms with Crippen LogP contribution in [0.5, 0.6) is 0 Å². The summed E-state index contributed by atoms with van der Waals surface area (Å²) in [6, 6.07) is 1.23. The van der Waals surface area contributed by atoms with Gasteiger partial charge < -0.3 is 15.6 Å². The van der Waals surface area contributed by atoms with Gasteiger partial charge in [0.1, 0.15) is 17.0 Å². The van der Waals surface area contributed by atoms with E-state index in [1.807, 2.05) is 0 Å². The number of anilines is 1. The molecule has 3 rings (SSSR count). The Hall–Kier alpha value is -3.24. The van der Waals surface area contributed by atoms with Crippen LogP contribution >= 0.6 is 0 Å². The molecule has 3 heterocycles. The Morgan fingerprint density at radius 3 is 2.75 bits per heavy atom. The molecule has 0 radical (unpaired) electrons. The predicted octanol–water partition coefficient (Wildman–Crippen LogP) is 3.61. The van der Waals surface area contributed by atoms with Crippen molar-refractivity contribution in [2.75, 3.05) is 11.9 Å². The van der Waals surface area contributed by atoms with Crippen molar-refractivity contribution in [2.45, 2.75) is 25.8 Å². The summed E-state index contributed by atoms with van der Waals surface area (Å²) >= 11 is 0. The predicted molar refractivity (Wildman–Crippen MR) is 100 cm³/mol. The maximum Gasteiger partial charge on any atom is 0.255 e. The van der Waals surface area contributed by atoms with Crippen molar-refractivity contribution < 1.29 is 26.6 Å². The molecule has 0 unspecified atom stereocenters. The Morgan fingerprint density at radius 2 is 2.04 bits per heavy atom. The van der Waals surface area contributed by atoms with Gasteiger partial charge in [0.2, 0.25) is 5.91 Å². The molecule has 3 aromatic heterocycles. The summed E-state index contributed by atoms with van der Waals surface area (Å²) in [6.07, 6.45) is 0.720. The van der Waals surface area contributed by atoms with Crippen LogP contribution in [0, 0.1) is 11.6 Å². The van der Waals surface area contributed by atoms with Crippen molar-refractivity contribution in [1.29, 1.82) is 0 Å². The molecule has 0 aromatic carbocycles. The van der Waals surface area contributed by atoms with Gasteiger partial charge in [-0.1, -0.05) is 0 Å². The minimum absolute atomic E-state index is 0. The molecule has 3 N–H and O–H groups in total. The second-order valence-corrected chi connectivity index (χ2v) is 6.49. The fraction of sp³-hybridized carbons (Fsp3) is 0.294. The van der Waals surface area contributed by atoms with E-state index in [1.165, 1.54) is 26.1 Å². The molecule has 154 valence electrons. The summed E-state index contributed by atoms with van der Waals surface area (Å²) in [5.41, 5.74) is -0.662. The number of aromatic nitrogens is 4. The number of halogens is 4. The molecule has 0 fully saturated rings. The number of alkyl halides is 2. The highest BCUT2D eigenvalue weighted by molar-refractivity contribution is 5.92. The fourth-order valence-corrected chi connectivity index (χ4v) is 2.49. The Morgan fingerprint density at radius 1 is 1.29 bits per heavy atom. The number of H-pyrrole nitrogens is 1. The van der Waals surface area contributed by atoms with Gasteiger partial charge in [0, 0.05) is 21.4 Å². The second kappa shape index (κ2) is 7.41. The van der Waals surface area contributed by atoms with E-state index >= 15 is 0 Å². The van der Waals surface area contributed by atoms with Crippen LogP contribution in [0.2, 0.25) is 0 Å². The van der Waals surface area contributed by atoms with Gasteiger partial charge in [0.25, 0.3) is 6.43 Å². The van der Waals surface area contributed by atoms with E-state index < -0.39 is 36.1 Å². The number of pyridine rings is 1. The number of carbonyl (C=O) groups is 1. The van der Waals surface area contributed by atoms with E-state index in [0.29, 0.717) is 16.6 Å². The van der Waals surface area contributed by atoms with Crippen LogP contribution in [0.4, 0.5) is 23.4 Å². The molecule has 11 heteroatoms. The highest BCUT2D eigenvalue weighted by atomic mass is 19.3. The molecule has 28 heavy (non-hydrogen) atoms. The largest absolute Gasteiger partial charge is 0.354 e. The zero-order chi connectivity index (χ0) is 20.5. The van der Waals surface area contributed by atoms with E-state index in [0.717, 1.165) is 12.4 Å². The third-order valence-corrected chi connectivity index (χ3v) is 3.90. The highest BCUT2D eigenvalue weighted by Gasteiger charge is 2.29. The molecule has 0 spiro atoms. The average molecular weight is 402 g/mol. The fourth-order valence-electron chi connectivity index (χ4n) is 2.49. The van der Waals surface area contributed by atoms with Gasteiger partial charge in [0.15, 0.2) is 17.5 Å². The lowest BCUT2D eigenvalue weighted by Crippen LogP contribution is -2.49. The summed E-state index contributed by atoms with van der Waals surface area (Å²) in [5, 5.41) is 5.05. The summed E-state index contributed by atoms with van der Waals surface area (Å²) in [7, 11) is 0. The number of aromatic amines is 1. The maximum atomic E-state index is 14.2. The molecule has 7 nitrogen and oxygen atoms in total. The molecule has 0 aliphatic heterocycles. The molecule has 0 aliphatic carbocycles. The van der Waals surface area contributed by atoms with E-state index in [1.54, 1.807) is 0 Å². The van der Waals surface area contributed by atoms with Gasteiger partial charge in [0.05, 0.1) is 18.9 Å². The van der Waals surface area contributed by atoms with Gasteiger partial charge >= 0.3 is 0 Å². The number of nitrogens with zero attached hydrogens (tertiary/aromatic N) is 3. The van der Waals surface area contributed by atoms with Crippen molar-refractivity contribution in [3.05, 3.63) is 36.3 Å². The number of carbonyl (C=O) groups excluding carboxylic acids is 1. The summed E-state index contributed by atoms with van der Waals surface area (Å²) in [4.78, 5) is 26.8. The molecule has 0 saturated carbocycles. The summed E-state index contributed by atoms with van der Waals surface area (Å²) in [6.45, 7) is 1.95. The van der Waals surface area contributed by atoms with E-state index in [2.05, 4.69) is 30.6 Å². The SMILES string of the molecule is CC(C)(Nc1nc(-c2c[nH]c3ncc(F)cc23)ncc1F)C(=O)NCC(F)F.[HH].[HH].[HH]. The first-order chi connectivity index (χ1) is 13.2. The van der Waals surface area contributed by atoms with Crippen LogP contribution < -0.4 is 10.6 Å². The number of hydrogen-bond acceptors (Lipinski definition) is 5. The first-order valence-electron chi connectivity index (χ1n) is 8.17. The van der Waals surface area contributed by atoms with Gasteiger partial charge in [-0.25, -0.2) is 32.5 Å². The second-order valence-electron chi connectivity index (χ2n) is 6.49. The Bertz CT molecular complexity index is 1030. The summed E-state index contributed by atoms with van der Waals surface area (Å²) in [5.74, 6) is -2.41. The Kier molecular flexibility index (Phi) is 5.16. The van der Waals surface area contributed by atoms with E-state index in [4.69, 9.17) is 0 Å². The molecule has 0 atom stereocenters. The minimum Gasteiger partial charge on any atom is -0.354 e. The average Bonchev–Trinajstić information content (AvgIpc) is 3.04. The van der Waals surface area contributed by atoms with Gasteiger partial charge in [-0.3, -0.25) is 4.79 Å². The van der Waals surface area contributed by atoms with E-state index in [9.17, 15) is 22.4 Å². The normalized spacial score (nSPS) is 11.8. The van der Waals surface area contributed by atoms with Crippen LogP contribution in [0.3, 0.4) is 0 Å². The number of nitrogens with one attached hydrogen (secondary N) is 3. The zero-order valence-corrected chi connectivity index (χ0v) is 14.9. The third kappa shape index (κ3) is 4.02. The van der Waals surface area contributed by atoms with Crippen LogP contribution in [0.25, 0.3) is 22.4 Å². The lowest BCUT2D eigenvalue weighted by atomic mass is 10.0. The first kappa shape index (κ1) is 19.5. The molecular weight excluding hydrogens is 380 g/mol. The third-order valence-electron chi connectivity index (χ3n) is 3.90. The van der Waals surface area contributed by atoms with Crippen molar-refractivity contribution in [3.8, 4) is 11.4 Å². The lowest BCUT2D eigenvalue weighted by Gasteiger charge is -2.26. The van der Waals surface area contributed by atoms with Gasteiger partial charge in [-0.2, -0.15) is 0 Å². The molecular formula is C17H22F4N6O. The van der Waals surface area contributed by atoms with Crippen LogP contribution in [0.1, 0.15) is 18.1 Å². The van der Waals surface area contributed by atoms with Crippen LogP contribution in [-0.2, 0) is 4.79 Å². The van der Waals surface area contributed by atoms with Crippen molar-refractivity contribution >= 4 is 22.8 Å². The van der Waals surface area contributed by atoms with Gasteiger partial charge in [-0.15, -0.1) is 0 Å². The number of rotatable bonds is 6. The molecule has 1 amide bonds. The van der Waals surface area contributed by atoms with Crippen molar-refractivity contribution in [3.63, 3.8) is 0 Å². The number of amides is 1. The van der Waals surface area contributed by atoms with E-state index in [-0.39, 0.29) is 15.9 Å². The quantitative estimate of drug-likeness (QED) is 0.548. The molecule has 0 bridgehead atoms. The smallest absolute Gasteiger partial charge is 0.255 e. The standard InChI is InChI=1S/C17H16F4N6O.3H2/c1-17(2,16(28)25-7-12(20)21)27-15-11(19)6-24-14(26-15)10-5-23-13-9(10)3-8(18)4-22-13;;;/h3-6,12H,7H2,1-2H3,(H,22,23)(H,25,28)(H,24,26,27);3*1H. The first-order valence-corrected chi connectivity index (χ1v) is 8.17.